The third-order valence-corrected chi connectivity index (χ3v) is 3.57. The van der Waals surface area contributed by atoms with Crippen molar-refractivity contribution in [2.24, 2.45) is 0 Å². The van der Waals surface area contributed by atoms with Gasteiger partial charge in [-0.1, -0.05) is 5.16 Å². The van der Waals surface area contributed by atoms with E-state index in [1.54, 1.807) is 26.1 Å². The molecule has 2 heterocycles. The summed E-state index contributed by atoms with van der Waals surface area (Å²) in [5.41, 5.74) is -0.125. The first-order chi connectivity index (χ1) is 9.99. The molecule has 0 amide bonds. The molecule has 2 aromatic heterocycles. The summed E-state index contributed by atoms with van der Waals surface area (Å²) in [7, 11) is 0. The van der Waals surface area contributed by atoms with E-state index in [9.17, 15) is 0 Å². The fraction of sp³-hybridized carbons (Fsp3) is 0.429. The molecule has 0 bridgehead atoms. The van der Waals surface area contributed by atoms with Gasteiger partial charge in [0, 0.05) is 0 Å². The summed E-state index contributed by atoms with van der Waals surface area (Å²) in [4.78, 5) is 8.49. The zero-order valence-corrected chi connectivity index (χ0v) is 13.2. The van der Waals surface area contributed by atoms with E-state index in [2.05, 4.69) is 37.1 Å². The molecule has 0 aromatic carbocycles. The molecule has 0 saturated heterocycles. The summed E-state index contributed by atoms with van der Waals surface area (Å²) < 4.78 is 11.7. The van der Waals surface area contributed by atoms with Crippen LogP contribution >= 0.6 is 15.9 Å². The van der Waals surface area contributed by atoms with E-state index in [1.807, 2.05) is 0 Å². The third-order valence-electron chi connectivity index (χ3n) is 3.13. The lowest BCUT2D eigenvalue weighted by Gasteiger charge is -2.08. The van der Waals surface area contributed by atoms with Gasteiger partial charge >= 0.3 is 0 Å². The van der Waals surface area contributed by atoms with Gasteiger partial charge in [-0.05, 0) is 48.7 Å². The van der Waals surface area contributed by atoms with Crippen molar-refractivity contribution in [1.29, 1.82) is 5.26 Å². The number of nitriles is 1. The molecule has 1 aliphatic carbocycles. The van der Waals surface area contributed by atoms with Gasteiger partial charge in [-0.25, -0.2) is 4.98 Å². The highest BCUT2D eigenvalue weighted by molar-refractivity contribution is 9.10. The first-order valence-corrected chi connectivity index (χ1v) is 7.37. The second kappa shape index (κ2) is 5.11. The minimum atomic E-state index is -0.826. The number of halogens is 1. The highest BCUT2D eigenvalue weighted by Crippen LogP contribution is 2.35. The Kier molecular flexibility index (Phi) is 3.41. The number of rotatable bonds is 4. The zero-order valence-electron chi connectivity index (χ0n) is 11.6. The molecule has 7 heteroatoms. The largest absolute Gasteiger partial charge is 0.488 e. The van der Waals surface area contributed by atoms with Gasteiger partial charge in [0.2, 0.25) is 11.7 Å². The van der Waals surface area contributed by atoms with Crippen LogP contribution in [-0.4, -0.2) is 21.2 Å². The fourth-order valence-corrected chi connectivity index (χ4v) is 2.02. The quantitative estimate of drug-likeness (QED) is 0.788. The van der Waals surface area contributed by atoms with Gasteiger partial charge in [0.15, 0.2) is 0 Å². The van der Waals surface area contributed by atoms with Crippen LogP contribution in [0.2, 0.25) is 0 Å². The van der Waals surface area contributed by atoms with Gasteiger partial charge in [-0.2, -0.15) is 10.2 Å². The predicted octanol–water partition coefficient (Wildman–Crippen LogP) is 3.24. The Bertz CT molecular complexity index is 716. The summed E-state index contributed by atoms with van der Waals surface area (Å²) in [6.07, 6.45) is 3.99. The molecule has 21 heavy (non-hydrogen) atoms. The first-order valence-electron chi connectivity index (χ1n) is 6.57. The highest BCUT2D eigenvalue weighted by atomic mass is 79.9. The molecule has 6 nitrogen and oxygen atoms in total. The first kappa shape index (κ1) is 14.0. The Hall–Kier alpha value is -1.94. The molecule has 108 valence electrons. The van der Waals surface area contributed by atoms with Crippen LogP contribution in [0.25, 0.3) is 11.4 Å². The summed E-state index contributed by atoms with van der Waals surface area (Å²) >= 11 is 3.33. The monoisotopic (exact) mass is 348 g/mol. The molecule has 0 unspecified atom stereocenters. The average Bonchev–Trinajstić information content (AvgIpc) is 3.13. The molecule has 0 atom stereocenters. The summed E-state index contributed by atoms with van der Waals surface area (Å²) in [6, 6.07) is 3.92. The van der Waals surface area contributed by atoms with Crippen molar-refractivity contribution >= 4 is 15.9 Å². The Balaban J connectivity index is 1.99. The molecule has 1 fully saturated rings. The Morgan fingerprint density at radius 1 is 1.48 bits per heavy atom. The second-order valence-corrected chi connectivity index (χ2v) is 6.29. The smallest absolute Gasteiger partial charge is 0.246 e. The molecule has 0 aliphatic heterocycles. The lowest BCUT2D eigenvalue weighted by atomic mass is 9.96. The lowest BCUT2D eigenvalue weighted by Crippen LogP contribution is -2.14. The molecule has 1 saturated carbocycles. The Morgan fingerprint density at radius 3 is 2.90 bits per heavy atom. The number of ether oxygens (including phenoxy) is 1. The number of hydrogen-bond donors (Lipinski definition) is 0. The molecule has 2 aromatic rings. The van der Waals surface area contributed by atoms with Crippen LogP contribution in [0.3, 0.4) is 0 Å². The van der Waals surface area contributed by atoms with Crippen molar-refractivity contribution < 1.29 is 9.26 Å². The molecular formula is C14H13BrN4O2. The van der Waals surface area contributed by atoms with Crippen molar-refractivity contribution in [3.63, 3.8) is 0 Å². The van der Waals surface area contributed by atoms with Crippen LogP contribution in [0.15, 0.2) is 21.4 Å². The fourth-order valence-electron chi connectivity index (χ4n) is 1.69. The van der Waals surface area contributed by atoms with Crippen molar-refractivity contribution in [2.75, 3.05) is 0 Å². The lowest BCUT2D eigenvalue weighted by molar-refractivity contribution is 0.302. The van der Waals surface area contributed by atoms with Crippen molar-refractivity contribution in [3.05, 3.63) is 22.8 Å². The van der Waals surface area contributed by atoms with Gasteiger partial charge in [-0.3, -0.25) is 0 Å². The van der Waals surface area contributed by atoms with Crippen molar-refractivity contribution in [1.82, 2.24) is 15.1 Å². The van der Waals surface area contributed by atoms with E-state index >= 15 is 0 Å². The van der Waals surface area contributed by atoms with E-state index in [4.69, 9.17) is 14.5 Å². The van der Waals surface area contributed by atoms with E-state index in [1.165, 1.54) is 0 Å². The number of aromatic nitrogens is 3. The third kappa shape index (κ3) is 2.90. The minimum absolute atomic E-state index is 0.244. The van der Waals surface area contributed by atoms with Crippen LogP contribution in [0.1, 0.15) is 32.6 Å². The Labute approximate surface area is 130 Å². The summed E-state index contributed by atoms with van der Waals surface area (Å²) in [5, 5.41) is 13.1. The van der Waals surface area contributed by atoms with Crippen LogP contribution in [0, 0.1) is 11.3 Å². The van der Waals surface area contributed by atoms with E-state index < -0.39 is 5.41 Å². The maximum atomic E-state index is 9.13. The molecule has 0 N–H and O–H groups in total. The predicted molar refractivity (Wildman–Crippen MR) is 77.5 cm³/mol. The SMILES string of the molecule is CC(C)(C#N)c1nc(-c2cc(Br)ncc2OC2CC2)no1. The van der Waals surface area contributed by atoms with Gasteiger partial charge in [0.25, 0.3) is 0 Å². The second-order valence-electron chi connectivity index (χ2n) is 5.48. The molecule has 3 rings (SSSR count). The Morgan fingerprint density at radius 2 is 2.24 bits per heavy atom. The summed E-state index contributed by atoms with van der Waals surface area (Å²) in [6.45, 7) is 3.46. The van der Waals surface area contributed by atoms with Gasteiger partial charge in [0.1, 0.15) is 15.8 Å². The molecule has 0 radical (unpaired) electrons. The van der Waals surface area contributed by atoms with Crippen LogP contribution in [0.4, 0.5) is 0 Å². The van der Waals surface area contributed by atoms with Crippen molar-refractivity contribution in [3.8, 4) is 23.2 Å². The van der Waals surface area contributed by atoms with E-state index in [0.29, 0.717) is 21.7 Å². The van der Waals surface area contributed by atoms with Gasteiger partial charge < -0.3 is 9.26 Å². The maximum absolute atomic E-state index is 9.13. The maximum Gasteiger partial charge on any atom is 0.246 e. The van der Waals surface area contributed by atoms with E-state index in [-0.39, 0.29) is 12.0 Å². The molecular weight excluding hydrogens is 336 g/mol. The topological polar surface area (TPSA) is 84.8 Å². The zero-order chi connectivity index (χ0) is 15.0. The summed E-state index contributed by atoms with van der Waals surface area (Å²) in [5.74, 6) is 1.31. The van der Waals surface area contributed by atoms with Gasteiger partial charge in [0.05, 0.1) is 23.9 Å². The average molecular weight is 349 g/mol. The van der Waals surface area contributed by atoms with Gasteiger partial charge in [-0.15, -0.1) is 0 Å². The minimum Gasteiger partial charge on any atom is -0.488 e. The number of nitrogens with zero attached hydrogens (tertiary/aromatic N) is 4. The van der Waals surface area contributed by atoms with E-state index in [0.717, 1.165) is 12.8 Å². The van der Waals surface area contributed by atoms with Crippen LogP contribution < -0.4 is 4.74 Å². The normalized spacial score (nSPS) is 14.8. The standard InChI is InChI=1S/C14H13BrN4O2/c1-14(2,7-16)13-18-12(19-21-13)9-5-11(15)17-6-10(9)20-8-3-4-8/h5-6,8H,3-4H2,1-2H3. The van der Waals surface area contributed by atoms with Crippen LogP contribution in [0.5, 0.6) is 5.75 Å². The highest BCUT2D eigenvalue weighted by Gasteiger charge is 2.29. The van der Waals surface area contributed by atoms with Crippen molar-refractivity contribution in [2.45, 2.75) is 38.2 Å². The van der Waals surface area contributed by atoms with Crippen LogP contribution in [-0.2, 0) is 5.41 Å². The molecule has 1 aliphatic rings. The number of pyridine rings is 1. The molecule has 0 spiro atoms. The number of hydrogen-bond acceptors (Lipinski definition) is 6.